The number of rotatable bonds is 3. The minimum absolute atomic E-state index is 0.00960. The van der Waals surface area contributed by atoms with Crippen LogP contribution in [-0.4, -0.2) is 29.8 Å². The first-order valence-electron chi connectivity index (χ1n) is 9.43. The molecule has 3 rings (SSSR count). The van der Waals surface area contributed by atoms with Crippen LogP contribution in [0.4, 0.5) is 5.69 Å². The monoisotopic (exact) mass is 343 g/mol. The Morgan fingerprint density at radius 2 is 1.92 bits per heavy atom. The van der Waals surface area contributed by atoms with Gasteiger partial charge in [0.25, 0.3) is 0 Å². The fourth-order valence-corrected chi connectivity index (χ4v) is 4.00. The van der Waals surface area contributed by atoms with Crippen LogP contribution in [0.15, 0.2) is 18.2 Å². The number of nitrogens with one attached hydrogen (secondary N) is 1. The molecule has 136 valence electrons. The number of benzene rings is 1. The molecule has 1 unspecified atom stereocenters. The van der Waals surface area contributed by atoms with Crippen molar-refractivity contribution < 1.29 is 9.59 Å². The Labute approximate surface area is 150 Å². The van der Waals surface area contributed by atoms with Crippen molar-refractivity contribution in [3.8, 4) is 0 Å². The van der Waals surface area contributed by atoms with Crippen molar-refractivity contribution in [1.82, 2.24) is 10.2 Å². The van der Waals surface area contributed by atoms with Crippen molar-refractivity contribution in [2.75, 3.05) is 18.8 Å². The number of hydrogen-bond acceptors (Lipinski definition) is 3. The SMILES string of the molecule is CC(C)C(=O)N1CCC(C(=O)NC2CCCc3cc(N)ccc32)CC1. The number of piperidine rings is 1. The number of carbonyl (C=O) groups excluding carboxylic acids is 2. The molecule has 1 atom stereocenters. The standard InChI is InChI=1S/C20H29N3O2/c1-13(2)20(25)23-10-8-14(9-11-23)19(24)22-18-5-3-4-15-12-16(21)6-7-17(15)18/h6-7,12-14,18H,3-5,8-11,21H2,1-2H3,(H,22,24). The number of nitrogens with zero attached hydrogens (tertiary/aromatic N) is 1. The third-order valence-corrected chi connectivity index (χ3v) is 5.47. The Balaban J connectivity index is 1.58. The average molecular weight is 343 g/mol. The Bertz CT molecular complexity index is 648. The molecule has 2 amide bonds. The van der Waals surface area contributed by atoms with E-state index in [0.717, 1.165) is 37.8 Å². The predicted molar refractivity (Wildman–Crippen MR) is 98.8 cm³/mol. The van der Waals surface area contributed by atoms with Gasteiger partial charge in [-0.3, -0.25) is 9.59 Å². The van der Waals surface area contributed by atoms with Crippen LogP contribution in [-0.2, 0) is 16.0 Å². The molecule has 1 aliphatic carbocycles. The minimum atomic E-state index is 0.00960. The molecular weight excluding hydrogens is 314 g/mol. The lowest BCUT2D eigenvalue weighted by molar-refractivity contribution is -0.138. The van der Waals surface area contributed by atoms with Gasteiger partial charge in [-0.1, -0.05) is 19.9 Å². The van der Waals surface area contributed by atoms with E-state index in [2.05, 4.69) is 11.4 Å². The molecule has 3 N–H and O–H groups in total. The van der Waals surface area contributed by atoms with E-state index in [9.17, 15) is 9.59 Å². The van der Waals surface area contributed by atoms with E-state index in [1.807, 2.05) is 30.9 Å². The van der Waals surface area contributed by atoms with Gasteiger partial charge in [-0.05, 0) is 55.4 Å². The molecule has 1 aromatic carbocycles. The number of aryl methyl sites for hydroxylation is 1. The predicted octanol–water partition coefficient (Wildman–Crippen LogP) is 2.66. The first kappa shape index (κ1) is 17.8. The van der Waals surface area contributed by atoms with E-state index in [-0.39, 0.29) is 29.7 Å². The van der Waals surface area contributed by atoms with Crippen molar-refractivity contribution in [2.24, 2.45) is 11.8 Å². The van der Waals surface area contributed by atoms with Gasteiger partial charge in [-0.2, -0.15) is 0 Å². The van der Waals surface area contributed by atoms with Crippen molar-refractivity contribution in [3.05, 3.63) is 29.3 Å². The lowest BCUT2D eigenvalue weighted by Crippen LogP contribution is -2.45. The van der Waals surface area contributed by atoms with E-state index in [4.69, 9.17) is 5.73 Å². The molecule has 0 radical (unpaired) electrons. The van der Waals surface area contributed by atoms with E-state index in [1.54, 1.807) is 0 Å². The molecule has 1 aliphatic heterocycles. The van der Waals surface area contributed by atoms with Gasteiger partial charge in [0, 0.05) is 30.6 Å². The van der Waals surface area contributed by atoms with Gasteiger partial charge in [0.1, 0.15) is 0 Å². The van der Waals surface area contributed by atoms with Crippen molar-refractivity contribution >= 4 is 17.5 Å². The van der Waals surface area contributed by atoms with Gasteiger partial charge in [0.2, 0.25) is 11.8 Å². The summed E-state index contributed by atoms with van der Waals surface area (Å²) in [5.74, 6) is 0.357. The van der Waals surface area contributed by atoms with Gasteiger partial charge in [-0.15, -0.1) is 0 Å². The quantitative estimate of drug-likeness (QED) is 0.829. The molecule has 5 nitrogen and oxygen atoms in total. The van der Waals surface area contributed by atoms with Gasteiger partial charge < -0.3 is 16.0 Å². The summed E-state index contributed by atoms with van der Waals surface area (Å²) < 4.78 is 0. The number of hydrogen-bond donors (Lipinski definition) is 2. The first-order chi connectivity index (χ1) is 12.0. The highest BCUT2D eigenvalue weighted by molar-refractivity contribution is 5.81. The maximum absolute atomic E-state index is 12.7. The number of carbonyl (C=O) groups is 2. The molecule has 0 bridgehead atoms. The molecule has 1 saturated heterocycles. The second-order valence-corrected chi connectivity index (χ2v) is 7.67. The molecule has 1 fully saturated rings. The van der Waals surface area contributed by atoms with Crippen LogP contribution < -0.4 is 11.1 Å². The van der Waals surface area contributed by atoms with Crippen LogP contribution in [0, 0.1) is 11.8 Å². The minimum Gasteiger partial charge on any atom is -0.399 e. The maximum Gasteiger partial charge on any atom is 0.225 e. The second kappa shape index (κ2) is 7.46. The highest BCUT2D eigenvalue weighted by atomic mass is 16.2. The molecular formula is C20H29N3O2. The molecule has 0 spiro atoms. The Morgan fingerprint density at radius 3 is 2.60 bits per heavy atom. The third kappa shape index (κ3) is 3.97. The van der Waals surface area contributed by atoms with Crippen LogP contribution in [0.2, 0.25) is 0 Å². The number of anilines is 1. The topological polar surface area (TPSA) is 75.4 Å². The van der Waals surface area contributed by atoms with Crippen molar-refractivity contribution in [1.29, 1.82) is 0 Å². The van der Waals surface area contributed by atoms with Gasteiger partial charge in [0.05, 0.1) is 6.04 Å². The summed E-state index contributed by atoms with van der Waals surface area (Å²) >= 11 is 0. The first-order valence-corrected chi connectivity index (χ1v) is 9.43. The van der Waals surface area contributed by atoms with E-state index in [0.29, 0.717) is 13.1 Å². The zero-order chi connectivity index (χ0) is 18.0. The van der Waals surface area contributed by atoms with Crippen molar-refractivity contribution in [2.45, 2.75) is 52.0 Å². The number of likely N-dealkylation sites (tertiary alicyclic amines) is 1. The summed E-state index contributed by atoms with van der Waals surface area (Å²) in [7, 11) is 0. The summed E-state index contributed by atoms with van der Waals surface area (Å²) in [5, 5.41) is 3.25. The fourth-order valence-electron chi connectivity index (χ4n) is 4.00. The third-order valence-electron chi connectivity index (χ3n) is 5.47. The van der Waals surface area contributed by atoms with E-state index >= 15 is 0 Å². The molecule has 0 aromatic heterocycles. The number of amides is 2. The van der Waals surface area contributed by atoms with Gasteiger partial charge in [0.15, 0.2) is 0 Å². The highest BCUT2D eigenvalue weighted by Crippen LogP contribution is 2.31. The van der Waals surface area contributed by atoms with Crippen LogP contribution in [0.25, 0.3) is 0 Å². The average Bonchev–Trinajstić information content (AvgIpc) is 2.61. The number of nitrogens with two attached hydrogens (primary N) is 1. The van der Waals surface area contributed by atoms with E-state index in [1.165, 1.54) is 11.1 Å². The number of nitrogen functional groups attached to an aromatic ring is 1. The van der Waals surface area contributed by atoms with E-state index < -0.39 is 0 Å². The molecule has 0 saturated carbocycles. The zero-order valence-electron chi connectivity index (χ0n) is 15.3. The molecule has 2 aliphatic rings. The van der Waals surface area contributed by atoms with Crippen LogP contribution >= 0.6 is 0 Å². The van der Waals surface area contributed by atoms with Crippen LogP contribution in [0.3, 0.4) is 0 Å². The molecule has 1 aromatic rings. The highest BCUT2D eigenvalue weighted by Gasteiger charge is 2.30. The summed E-state index contributed by atoms with van der Waals surface area (Å²) in [6, 6.07) is 6.09. The van der Waals surface area contributed by atoms with Crippen molar-refractivity contribution in [3.63, 3.8) is 0 Å². The number of fused-ring (bicyclic) bond motifs is 1. The molecule has 1 heterocycles. The smallest absolute Gasteiger partial charge is 0.225 e. The van der Waals surface area contributed by atoms with Crippen LogP contribution in [0.5, 0.6) is 0 Å². The Kier molecular flexibility index (Phi) is 5.30. The summed E-state index contributed by atoms with van der Waals surface area (Å²) in [4.78, 5) is 26.7. The van der Waals surface area contributed by atoms with Gasteiger partial charge >= 0.3 is 0 Å². The zero-order valence-corrected chi connectivity index (χ0v) is 15.3. The van der Waals surface area contributed by atoms with Gasteiger partial charge in [-0.25, -0.2) is 0 Å². The maximum atomic E-state index is 12.7. The Hall–Kier alpha value is -2.04. The molecule has 5 heteroatoms. The fraction of sp³-hybridized carbons (Fsp3) is 0.600. The summed E-state index contributed by atoms with van der Waals surface area (Å²) in [5.41, 5.74) is 9.14. The lowest BCUT2D eigenvalue weighted by Gasteiger charge is -2.34. The van der Waals surface area contributed by atoms with Crippen LogP contribution in [0.1, 0.15) is 56.7 Å². The second-order valence-electron chi connectivity index (χ2n) is 7.67. The normalized spacial score (nSPS) is 21.1. The molecule has 25 heavy (non-hydrogen) atoms. The largest absolute Gasteiger partial charge is 0.399 e. The lowest BCUT2D eigenvalue weighted by atomic mass is 9.86. The summed E-state index contributed by atoms with van der Waals surface area (Å²) in [6.45, 7) is 5.22. The summed E-state index contributed by atoms with van der Waals surface area (Å²) in [6.07, 6.45) is 4.59. The Morgan fingerprint density at radius 1 is 1.20 bits per heavy atom.